The minimum Gasteiger partial charge on any atom is -0.306 e. The molecule has 0 saturated carbocycles. The molecule has 76 valence electrons. The fourth-order valence-electron chi connectivity index (χ4n) is 2.20. The molecule has 1 saturated heterocycles. The van der Waals surface area contributed by atoms with Gasteiger partial charge in [-0.2, -0.15) is 0 Å². The number of piperazine rings is 1. The molecule has 1 aromatic carbocycles. The van der Waals surface area contributed by atoms with Crippen LogP contribution in [0.25, 0.3) is 0 Å². The van der Waals surface area contributed by atoms with Gasteiger partial charge in [0.25, 0.3) is 0 Å². The summed E-state index contributed by atoms with van der Waals surface area (Å²) in [5.74, 6) is 0. The minimum atomic E-state index is 0.658. The molecule has 0 radical (unpaired) electrons. The van der Waals surface area contributed by atoms with Crippen molar-refractivity contribution in [3.8, 4) is 0 Å². The highest BCUT2D eigenvalue weighted by Gasteiger charge is 2.33. The lowest BCUT2D eigenvalue weighted by Gasteiger charge is -2.43. The zero-order valence-corrected chi connectivity index (χ0v) is 9.03. The van der Waals surface area contributed by atoms with Crippen molar-refractivity contribution in [2.24, 2.45) is 0 Å². The largest absolute Gasteiger partial charge is 0.306 e. The summed E-state index contributed by atoms with van der Waals surface area (Å²) in [7, 11) is 2.33. The highest BCUT2D eigenvalue weighted by atomic mass is 15.4. The molecule has 0 bridgehead atoms. The van der Waals surface area contributed by atoms with Gasteiger partial charge in [-0.3, -0.25) is 4.48 Å². The van der Waals surface area contributed by atoms with Crippen LogP contribution in [-0.2, 0) is 0 Å². The summed E-state index contributed by atoms with van der Waals surface area (Å²) in [5, 5.41) is 3.44. The number of hydrogen-bond donors (Lipinski definition) is 1. The Balaban J connectivity index is 2.30. The number of nitrogens with zero attached hydrogens (tertiary/aromatic N) is 1. The quantitative estimate of drug-likeness (QED) is 0.665. The van der Waals surface area contributed by atoms with Crippen LogP contribution in [0.1, 0.15) is 6.92 Å². The van der Waals surface area contributed by atoms with Crippen LogP contribution in [0.4, 0.5) is 5.69 Å². The van der Waals surface area contributed by atoms with Gasteiger partial charge in [-0.25, -0.2) is 0 Å². The summed E-state index contributed by atoms with van der Waals surface area (Å²) in [6, 6.07) is 11.5. The van der Waals surface area contributed by atoms with Crippen molar-refractivity contribution in [1.82, 2.24) is 9.80 Å². The van der Waals surface area contributed by atoms with Crippen molar-refractivity contribution >= 4 is 5.69 Å². The predicted molar refractivity (Wildman–Crippen MR) is 61.4 cm³/mol. The molecule has 2 nitrogen and oxygen atoms in total. The number of quaternary nitrogens is 1. The van der Waals surface area contributed by atoms with Gasteiger partial charge in [-0.15, -0.1) is 0 Å². The second-order valence-electron chi connectivity index (χ2n) is 4.38. The lowest BCUT2D eigenvalue weighted by molar-refractivity contribution is 0.215. The van der Waals surface area contributed by atoms with Gasteiger partial charge in [-0.1, -0.05) is 18.2 Å². The molecule has 1 aromatic rings. The van der Waals surface area contributed by atoms with E-state index >= 15 is 0 Å². The number of likely N-dealkylation sites (N-methyl/N-ethyl adjacent to an activating group) is 1. The molecule has 14 heavy (non-hydrogen) atoms. The van der Waals surface area contributed by atoms with Gasteiger partial charge >= 0.3 is 0 Å². The topological polar surface area (TPSA) is 12.0 Å². The van der Waals surface area contributed by atoms with E-state index in [1.165, 1.54) is 12.2 Å². The lowest BCUT2D eigenvalue weighted by Crippen LogP contribution is -2.62. The second-order valence-corrected chi connectivity index (χ2v) is 4.38. The second kappa shape index (κ2) is 3.71. The van der Waals surface area contributed by atoms with Crippen LogP contribution in [0.5, 0.6) is 0 Å². The molecule has 0 amide bonds. The first-order chi connectivity index (χ1) is 6.73. The van der Waals surface area contributed by atoms with Gasteiger partial charge in [0.05, 0.1) is 13.6 Å². The van der Waals surface area contributed by atoms with Gasteiger partial charge in [0.2, 0.25) is 0 Å². The Labute approximate surface area is 86.1 Å². The van der Waals surface area contributed by atoms with E-state index < -0.39 is 0 Å². The summed E-state index contributed by atoms with van der Waals surface area (Å²) in [6.07, 6.45) is 0. The van der Waals surface area contributed by atoms with Crippen LogP contribution in [0.2, 0.25) is 0 Å². The molecule has 0 spiro atoms. The molecule has 0 aromatic heterocycles. The van der Waals surface area contributed by atoms with E-state index in [2.05, 4.69) is 49.6 Å². The van der Waals surface area contributed by atoms with Crippen LogP contribution in [0.15, 0.2) is 30.3 Å². The highest BCUT2D eigenvalue weighted by molar-refractivity contribution is 5.43. The van der Waals surface area contributed by atoms with Crippen LogP contribution in [-0.4, -0.2) is 32.7 Å². The van der Waals surface area contributed by atoms with Gasteiger partial charge < -0.3 is 5.32 Å². The van der Waals surface area contributed by atoms with Crippen molar-refractivity contribution in [3.63, 3.8) is 0 Å². The Morgan fingerprint density at radius 2 is 2.00 bits per heavy atom. The average molecular weight is 191 g/mol. The molecule has 0 aliphatic carbocycles. The van der Waals surface area contributed by atoms with Gasteiger partial charge in [0.1, 0.15) is 11.7 Å². The predicted octanol–water partition coefficient (Wildman–Crippen LogP) is 1.62. The van der Waals surface area contributed by atoms with E-state index in [-0.39, 0.29) is 0 Å². The SMILES string of the molecule is CC1CNCC[N+]1(C)c1ccccc1. The third-order valence-electron chi connectivity index (χ3n) is 3.51. The molecule has 1 aliphatic heterocycles. The first kappa shape index (κ1) is 9.69. The standard InChI is InChI=1S/C12H19N2/c1-11-10-13-8-9-14(11,2)12-6-4-3-5-7-12/h3-7,11,13H,8-10H2,1-2H3/q+1. The maximum absolute atomic E-state index is 3.44. The van der Waals surface area contributed by atoms with Crippen molar-refractivity contribution in [3.05, 3.63) is 30.3 Å². The van der Waals surface area contributed by atoms with Crippen LogP contribution >= 0.6 is 0 Å². The zero-order valence-electron chi connectivity index (χ0n) is 9.03. The Bertz CT molecular complexity index is 296. The normalized spacial score (nSPS) is 32.9. The average Bonchev–Trinajstić information content (AvgIpc) is 2.24. The molecule has 1 heterocycles. The maximum atomic E-state index is 3.44. The highest BCUT2D eigenvalue weighted by Crippen LogP contribution is 2.24. The molecular formula is C12H19N2+. The molecule has 1 N–H and O–H groups in total. The van der Waals surface area contributed by atoms with Gasteiger partial charge in [0.15, 0.2) is 0 Å². The van der Waals surface area contributed by atoms with Gasteiger partial charge in [0, 0.05) is 13.1 Å². The number of para-hydroxylation sites is 1. The smallest absolute Gasteiger partial charge is 0.132 e. The number of rotatable bonds is 1. The Morgan fingerprint density at radius 1 is 1.29 bits per heavy atom. The van der Waals surface area contributed by atoms with E-state index in [0.29, 0.717) is 6.04 Å². The summed E-state index contributed by atoms with van der Waals surface area (Å²) >= 11 is 0. The molecule has 2 atom stereocenters. The first-order valence-electron chi connectivity index (χ1n) is 5.35. The maximum Gasteiger partial charge on any atom is 0.132 e. The number of nitrogens with one attached hydrogen (secondary N) is 1. The van der Waals surface area contributed by atoms with Crippen LogP contribution < -0.4 is 9.80 Å². The monoisotopic (exact) mass is 191 g/mol. The van der Waals surface area contributed by atoms with E-state index in [9.17, 15) is 0 Å². The summed E-state index contributed by atoms with van der Waals surface area (Å²) < 4.78 is 1.06. The fourth-order valence-corrected chi connectivity index (χ4v) is 2.20. The molecule has 2 heteroatoms. The van der Waals surface area contributed by atoms with E-state index in [4.69, 9.17) is 0 Å². The lowest BCUT2D eigenvalue weighted by atomic mass is 10.1. The van der Waals surface area contributed by atoms with Crippen LogP contribution in [0.3, 0.4) is 0 Å². The Hall–Kier alpha value is -0.860. The molecule has 2 rings (SSSR count). The minimum absolute atomic E-state index is 0.658. The van der Waals surface area contributed by atoms with E-state index in [0.717, 1.165) is 17.6 Å². The fraction of sp³-hybridized carbons (Fsp3) is 0.500. The first-order valence-corrected chi connectivity index (χ1v) is 5.35. The Morgan fingerprint density at radius 3 is 2.64 bits per heavy atom. The van der Waals surface area contributed by atoms with E-state index in [1.807, 2.05) is 0 Å². The number of hydrogen-bond acceptors (Lipinski definition) is 1. The van der Waals surface area contributed by atoms with Crippen molar-refractivity contribution in [1.29, 1.82) is 0 Å². The molecule has 1 aliphatic rings. The summed E-state index contributed by atoms with van der Waals surface area (Å²) in [5.41, 5.74) is 1.43. The summed E-state index contributed by atoms with van der Waals surface area (Å²) in [4.78, 5) is 0. The van der Waals surface area contributed by atoms with Crippen molar-refractivity contribution in [2.45, 2.75) is 13.0 Å². The Kier molecular flexibility index (Phi) is 2.57. The van der Waals surface area contributed by atoms with E-state index in [1.54, 1.807) is 0 Å². The van der Waals surface area contributed by atoms with Crippen LogP contribution in [0, 0.1) is 0 Å². The molecule has 2 unspecified atom stereocenters. The molecule has 1 fully saturated rings. The van der Waals surface area contributed by atoms with Crippen molar-refractivity contribution < 1.29 is 0 Å². The molecular weight excluding hydrogens is 172 g/mol. The number of benzene rings is 1. The van der Waals surface area contributed by atoms with Crippen molar-refractivity contribution in [2.75, 3.05) is 26.7 Å². The third-order valence-corrected chi connectivity index (χ3v) is 3.51. The van der Waals surface area contributed by atoms with Gasteiger partial charge in [-0.05, 0) is 19.1 Å². The summed E-state index contributed by atoms with van der Waals surface area (Å²) in [6.45, 7) is 5.74. The zero-order chi connectivity index (χ0) is 10.0. The third kappa shape index (κ3) is 1.56.